The van der Waals surface area contributed by atoms with E-state index in [1.807, 2.05) is 0 Å². The molecule has 1 N–H and O–H groups in total. The Labute approximate surface area is 103 Å². The molecule has 1 saturated heterocycles. The molecule has 1 fully saturated rings. The van der Waals surface area contributed by atoms with E-state index in [0.29, 0.717) is 19.1 Å². The minimum Gasteiger partial charge on any atom is -0.378 e. The predicted molar refractivity (Wildman–Crippen MR) is 63.4 cm³/mol. The number of ether oxygens (including phenoxy) is 2. The Bertz CT molecular complexity index is 338. The zero-order valence-electron chi connectivity index (χ0n) is 9.07. The second kappa shape index (κ2) is 5.07. The van der Waals surface area contributed by atoms with Crippen molar-refractivity contribution < 1.29 is 9.47 Å². The van der Waals surface area contributed by atoms with Gasteiger partial charge in [-0.25, -0.2) is 9.97 Å². The summed E-state index contributed by atoms with van der Waals surface area (Å²) in [5.41, 5.74) is -0.240. The minimum atomic E-state index is -0.240. The highest BCUT2D eigenvalue weighted by molar-refractivity contribution is 9.10. The van der Waals surface area contributed by atoms with Crippen molar-refractivity contribution in [1.29, 1.82) is 0 Å². The first-order valence-corrected chi connectivity index (χ1v) is 5.88. The molecule has 6 heteroatoms. The molecule has 1 atom stereocenters. The first-order valence-electron chi connectivity index (χ1n) is 5.08. The summed E-state index contributed by atoms with van der Waals surface area (Å²) in [6, 6.07) is 0. The molecule has 1 aromatic rings. The van der Waals surface area contributed by atoms with Crippen LogP contribution in [0.4, 0.5) is 5.95 Å². The molecule has 1 unspecified atom stereocenters. The Morgan fingerprint density at radius 3 is 2.88 bits per heavy atom. The summed E-state index contributed by atoms with van der Waals surface area (Å²) in [4.78, 5) is 8.28. The Morgan fingerprint density at radius 2 is 2.31 bits per heavy atom. The molecule has 1 aliphatic rings. The lowest BCUT2D eigenvalue weighted by atomic mass is 10.0. The van der Waals surface area contributed by atoms with Crippen LogP contribution in [0.1, 0.15) is 6.42 Å². The summed E-state index contributed by atoms with van der Waals surface area (Å²) >= 11 is 3.29. The average molecular weight is 288 g/mol. The Hall–Kier alpha value is -0.720. The standard InChI is InChI=1S/C10H14BrN3O2/c1-15-10(2-3-16-7-10)6-14-9-12-4-8(11)5-13-9/h4-5H,2-3,6-7H2,1H3,(H,12,13,14). The molecule has 1 aromatic heterocycles. The molecule has 0 radical (unpaired) electrons. The van der Waals surface area contributed by atoms with Gasteiger partial charge >= 0.3 is 0 Å². The van der Waals surface area contributed by atoms with Crippen LogP contribution in [0, 0.1) is 0 Å². The van der Waals surface area contributed by atoms with Gasteiger partial charge in [0.25, 0.3) is 0 Å². The summed E-state index contributed by atoms with van der Waals surface area (Å²) in [6.07, 6.45) is 4.31. The van der Waals surface area contributed by atoms with E-state index in [1.165, 1.54) is 0 Å². The molecular formula is C10H14BrN3O2. The highest BCUT2D eigenvalue weighted by Crippen LogP contribution is 2.22. The van der Waals surface area contributed by atoms with Crippen molar-refractivity contribution in [2.45, 2.75) is 12.0 Å². The van der Waals surface area contributed by atoms with E-state index >= 15 is 0 Å². The van der Waals surface area contributed by atoms with E-state index in [2.05, 4.69) is 31.2 Å². The summed E-state index contributed by atoms with van der Waals surface area (Å²) in [6.45, 7) is 2.02. The van der Waals surface area contributed by atoms with Crippen LogP contribution in [0.2, 0.25) is 0 Å². The third-order valence-electron chi connectivity index (χ3n) is 2.69. The summed E-state index contributed by atoms with van der Waals surface area (Å²) in [5, 5.41) is 3.16. The number of hydrogen-bond donors (Lipinski definition) is 1. The molecule has 16 heavy (non-hydrogen) atoms. The molecule has 1 aliphatic heterocycles. The maximum absolute atomic E-state index is 5.49. The number of nitrogens with one attached hydrogen (secondary N) is 1. The van der Waals surface area contributed by atoms with Crippen LogP contribution in [0.3, 0.4) is 0 Å². The Kier molecular flexibility index (Phi) is 3.73. The lowest BCUT2D eigenvalue weighted by Crippen LogP contribution is -2.39. The van der Waals surface area contributed by atoms with Gasteiger partial charge < -0.3 is 14.8 Å². The smallest absolute Gasteiger partial charge is 0.222 e. The fraction of sp³-hybridized carbons (Fsp3) is 0.600. The van der Waals surface area contributed by atoms with Gasteiger partial charge in [-0.3, -0.25) is 0 Å². The maximum atomic E-state index is 5.49. The third-order valence-corrected chi connectivity index (χ3v) is 3.10. The van der Waals surface area contributed by atoms with Gasteiger partial charge in [0.15, 0.2) is 0 Å². The molecular weight excluding hydrogens is 274 g/mol. The van der Waals surface area contributed by atoms with Gasteiger partial charge in [0.05, 0.1) is 11.1 Å². The third kappa shape index (κ3) is 2.69. The fourth-order valence-electron chi connectivity index (χ4n) is 1.60. The van der Waals surface area contributed by atoms with Crippen LogP contribution in [0.25, 0.3) is 0 Å². The largest absolute Gasteiger partial charge is 0.378 e. The van der Waals surface area contributed by atoms with Crippen molar-refractivity contribution >= 4 is 21.9 Å². The highest BCUT2D eigenvalue weighted by Gasteiger charge is 2.34. The first kappa shape index (κ1) is 11.8. The van der Waals surface area contributed by atoms with Gasteiger partial charge in [-0.05, 0) is 15.9 Å². The summed E-state index contributed by atoms with van der Waals surface area (Å²) < 4.78 is 11.7. The molecule has 88 valence electrons. The number of anilines is 1. The van der Waals surface area contributed by atoms with E-state index in [-0.39, 0.29) is 5.60 Å². The van der Waals surface area contributed by atoms with E-state index < -0.39 is 0 Å². The molecule has 0 aromatic carbocycles. The molecule has 5 nitrogen and oxygen atoms in total. The van der Waals surface area contributed by atoms with Crippen LogP contribution in [0.5, 0.6) is 0 Å². The van der Waals surface area contributed by atoms with Crippen molar-refractivity contribution in [1.82, 2.24) is 9.97 Å². The van der Waals surface area contributed by atoms with Gasteiger partial charge in [0.1, 0.15) is 5.60 Å². The Balaban J connectivity index is 1.93. The molecule has 2 rings (SSSR count). The summed E-state index contributed by atoms with van der Waals surface area (Å²) in [5.74, 6) is 0.603. The molecule has 2 heterocycles. The second-order valence-corrected chi connectivity index (χ2v) is 4.68. The van der Waals surface area contributed by atoms with Crippen LogP contribution in [0.15, 0.2) is 16.9 Å². The Morgan fingerprint density at radius 1 is 1.56 bits per heavy atom. The van der Waals surface area contributed by atoms with E-state index in [1.54, 1.807) is 19.5 Å². The normalized spacial score (nSPS) is 24.6. The van der Waals surface area contributed by atoms with Crippen molar-refractivity contribution in [2.24, 2.45) is 0 Å². The zero-order chi connectivity index (χ0) is 11.4. The van der Waals surface area contributed by atoms with Crippen LogP contribution < -0.4 is 5.32 Å². The number of halogens is 1. The number of aromatic nitrogens is 2. The van der Waals surface area contributed by atoms with Crippen molar-refractivity contribution in [3.05, 3.63) is 16.9 Å². The maximum Gasteiger partial charge on any atom is 0.222 e. The average Bonchev–Trinajstić information content (AvgIpc) is 2.78. The molecule has 0 amide bonds. The van der Waals surface area contributed by atoms with Crippen molar-refractivity contribution in [2.75, 3.05) is 32.2 Å². The topological polar surface area (TPSA) is 56.3 Å². The zero-order valence-corrected chi connectivity index (χ0v) is 10.7. The van der Waals surface area contributed by atoms with Crippen LogP contribution >= 0.6 is 15.9 Å². The van der Waals surface area contributed by atoms with Gasteiger partial charge in [-0.15, -0.1) is 0 Å². The number of nitrogens with zero attached hydrogens (tertiary/aromatic N) is 2. The first-order chi connectivity index (χ1) is 7.74. The van der Waals surface area contributed by atoms with Crippen LogP contribution in [-0.4, -0.2) is 42.4 Å². The monoisotopic (exact) mass is 287 g/mol. The number of methoxy groups -OCH3 is 1. The van der Waals surface area contributed by atoms with Gasteiger partial charge in [0.2, 0.25) is 5.95 Å². The molecule has 0 spiro atoms. The van der Waals surface area contributed by atoms with E-state index in [4.69, 9.17) is 9.47 Å². The fourth-order valence-corrected chi connectivity index (χ4v) is 1.81. The molecule has 0 saturated carbocycles. The van der Waals surface area contributed by atoms with Gasteiger partial charge in [-0.1, -0.05) is 0 Å². The second-order valence-electron chi connectivity index (χ2n) is 3.77. The summed E-state index contributed by atoms with van der Waals surface area (Å²) in [7, 11) is 1.71. The number of hydrogen-bond acceptors (Lipinski definition) is 5. The van der Waals surface area contributed by atoms with Crippen LogP contribution in [-0.2, 0) is 9.47 Å². The lowest BCUT2D eigenvalue weighted by molar-refractivity contribution is -0.00631. The predicted octanol–water partition coefficient (Wildman–Crippen LogP) is 1.46. The molecule has 0 aliphatic carbocycles. The van der Waals surface area contributed by atoms with Gasteiger partial charge in [-0.2, -0.15) is 0 Å². The number of rotatable bonds is 4. The highest BCUT2D eigenvalue weighted by atomic mass is 79.9. The SMILES string of the molecule is COC1(CNc2ncc(Br)cn2)CCOC1. The van der Waals surface area contributed by atoms with Gasteiger partial charge in [0, 0.05) is 39.1 Å². The van der Waals surface area contributed by atoms with E-state index in [9.17, 15) is 0 Å². The van der Waals surface area contributed by atoms with Crippen molar-refractivity contribution in [3.63, 3.8) is 0 Å². The minimum absolute atomic E-state index is 0.240. The quantitative estimate of drug-likeness (QED) is 0.909. The van der Waals surface area contributed by atoms with E-state index in [0.717, 1.165) is 17.5 Å². The van der Waals surface area contributed by atoms with Crippen molar-refractivity contribution in [3.8, 4) is 0 Å². The molecule has 0 bridgehead atoms. The lowest BCUT2D eigenvalue weighted by Gasteiger charge is -2.25.